The average Bonchev–Trinajstić information content (AvgIpc) is 2.38. The SMILES string of the molecule is CNC(C)(C)c1ccon1. The van der Waals surface area contributed by atoms with Gasteiger partial charge in [0.25, 0.3) is 0 Å². The van der Waals surface area contributed by atoms with E-state index in [2.05, 4.69) is 10.5 Å². The molecule has 3 nitrogen and oxygen atoms in total. The van der Waals surface area contributed by atoms with Crippen LogP contribution >= 0.6 is 0 Å². The molecule has 0 fully saturated rings. The van der Waals surface area contributed by atoms with Crippen LogP contribution in [-0.2, 0) is 5.54 Å². The number of rotatable bonds is 2. The van der Waals surface area contributed by atoms with Crippen molar-refractivity contribution in [1.29, 1.82) is 0 Å². The molecule has 0 saturated heterocycles. The molecule has 0 spiro atoms. The van der Waals surface area contributed by atoms with Crippen molar-refractivity contribution in [3.63, 3.8) is 0 Å². The van der Waals surface area contributed by atoms with E-state index in [0.717, 1.165) is 5.69 Å². The van der Waals surface area contributed by atoms with Gasteiger partial charge in [0.05, 0.1) is 5.54 Å². The highest BCUT2D eigenvalue weighted by Gasteiger charge is 2.20. The fourth-order valence-corrected chi connectivity index (χ4v) is 0.663. The van der Waals surface area contributed by atoms with Crippen LogP contribution in [0.1, 0.15) is 19.5 Å². The third-order valence-corrected chi connectivity index (χ3v) is 1.70. The van der Waals surface area contributed by atoms with Crippen molar-refractivity contribution in [3.05, 3.63) is 18.0 Å². The van der Waals surface area contributed by atoms with Gasteiger partial charge < -0.3 is 9.84 Å². The van der Waals surface area contributed by atoms with Crippen LogP contribution in [0.15, 0.2) is 16.9 Å². The Bertz CT molecular complexity index is 191. The molecule has 0 atom stereocenters. The molecule has 1 aromatic heterocycles. The molecule has 0 amide bonds. The Balaban J connectivity index is 2.85. The Kier molecular flexibility index (Phi) is 1.76. The highest BCUT2D eigenvalue weighted by molar-refractivity contribution is 5.08. The summed E-state index contributed by atoms with van der Waals surface area (Å²) in [5.41, 5.74) is 0.836. The molecule has 56 valence electrons. The van der Waals surface area contributed by atoms with E-state index >= 15 is 0 Å². The number of aromatic nitrogens is 1. The molecule has 0 aliphatic heterocycles. The smallest absolute Gasteiger partial charge is 0.124 e. The lowest BCUT2D eigenvalue weighted by Crippen LogP contribution is -2.33. The average molecular weight is 140 g/mol. The molecule has 0 bridgehead atoms. The Morgan fingerprint density at radius 3 is 2.70 bits per heavy atom. The second kappa shape index (κ2) is 2.42. The van der Waals surface area contributed by atoms with Gasteiger partial charge in [0.15, 0.2) is 0 Å². The van der Waals surface area contributed by atoms with Crippen LogP contribution in [0.25, 0.3) is 0 Å². The summed E-state index contributed by atoms with van der Waals surface area (Å²) in [7, 11) is 1.90. The Hall–Kier alpha value is -0.830. The van der Waals surface area contributed by atoms with Crippen molar-refractivity contribution in [2.45, 2.75) is 19.4 Å². The van der Waals surface area contributed by atoms with E-state index < -0.39 is 0 Å². The first-order valence-corrected chi connectivity index (χ1v) is 3.26. The summed E-state index contributed by atoms with van der Waals surface area (Å²) in [6, 6.07) is 1.86. The van der Waals surface area contributed by atoms with Gasteiger partial charge in [-0.05, 0) is 20.9 Å². The van der Waals surface area contributed by atoms with Gasteiger partial charge in [-0.1, -0.05) is 5.16 Å². The normalized spacial score (nSPS) is 11.9. The minimum absolute atomic E-state index is 0.0903. The summed E-state index contributed by atoms with van der Waals surface area (Å²) in [6.07, 6.45) is 1.58. The van der Waals surface area contributed by atoms with Gasteiger partial charge in [-0.15, -0.1) is 0 Å². The monoisotopic (exact) mass is 140 g/mol. The van der Waals surface area contributed by atoms with Gasteiger partial charge in [0.2, 0.25) is 0 Å². The lowest BCUT2D eigenvalue weighted by molar-refractivity contribution is 0.363. The maximum Gasteiger partial charge on any atom is 0.124 e. The molecular weight excluding hydrogens is 128 g/mol. The largest absolute Gasteiger partial charge is 0.364 e. The summed E-state index contributed by atoms with van der Waals surface area (Å²) >= 11 is 0. The summed E-state index contributed by atoms with van der Waals surface area (Å²) in [5.74, 6) is 0. The zero-order valence-corrected chi connectivity index (χ0v) is 6.51. The number of hydrogen-bond donors (Lipinski definition) is 1. The number of hydrogen-bond acceptors (Lipinski definition) is 3. The fraction of sp³-hybridized carbons (Fsp3) is 0.571. The van der Waals surface area contributed by atoms with Crippen LogP contribution in [0, 0.1) is 0 Å². The topological polar surface area (TPSA) is 38.1 Å². The van der Waals surface area contributed by atoms with Gasteiger partial charge in [-0.2, -0.15) is 0 Å². The van der Waals surface area contributed by atoms with E-state index in [4.69, 9.17) is 4.52 Å². The quantitative estimate of drug-likeness (QED) is 0.669. The van der Waals surface area contributed by atoms with E-state index in [0.29, 0.717) is 0 Å². The first-order chi connectivity index (χ1) is 4.67. The third-order valence-electron chi connectivity index (χ3n) is 1.70. The van der Waals surface area contributed by atoms with Crippen molar-refractivity contribution < 1.29 is 4.52 Å². The maximum absolute atomic E-state index is 4.71. The van der Waals surface area contributed by atoms with Gasteiger partial charge >= 0.3 is 0 Å². The van der Waals surface area contributed by atoms with E-state index in [1.165, 1.54) is 0 Å². The van der Waals surface area contributed by atoms with Crippen LogP contribution < -0.4 is 5.32 Å². The van der Waals surface area contributed by atoms with Crippen LogP contribution in [0.4, 0.5) is 0 Å². The molecule has 0 unspecified atom stereocenters. The maximum atomic E-state index is 4.71. The van der Waals surface area contributed by atoms with E-state index in [1.54, 1.807) is 6.26 Å². The molecular formula is C7H12N2O. The van der Waals surface area contributed by atoms with Crippen molar-refractivity contribution in [3.8, 4) is 0 Å². The molecule has 0 saturated carbocycles. The summed E-state index contributed by atoms with van der Waals surface area (Å²) in [4.78, 5) is 0. The molecule has 1 N–H and O–H groups in total. The number of nitrogens with one attached hydrogen (secondary N) is 1. The lowest BCUT2D eigenvalue weighted by Gasteiger charge is -2.19. The predicted molar refractivity (Wildman–Crippen MR) is 38.6 cm³/mol. The lowest BCUT2D eigenvalue weighted by atomic mass is 10.0. The second-order valence-electron chi connectivity index (χ2n) is 2.76. The van der Waals surface area contributed by atoms with Crippen molar-refractivity contribution in [2.24, 2.45) is 0 Å². The van der Waals surface area contributed by atoms with Crippen LogP contribution in [0.2, 0.25) is 0 Å². The second-order valence-corrected chi connectivity index (χ2v) is 2.76. The van der Waals surface area contributed by atoms with E-state index in [-0.39, 0.29) is 5.54 Å². The highest BCUT2D eigenvalue weighted by Crippen LogP contribution is 2.15. The zero-order valence-electron chi connectivity index (χ0n) is 6.51. The molecule has 10 heavy (non-hydrogen) atoms. The Morgan fingerprint density at radius 1 is 1.60 bits per heavy atom. The van der Waals surface area contributed by atoms with Crippen LogP contribution in [0.3, 0.4) is 0 Å². The molecule has 0 aromatic carbocycles. The first kappa shape index (κ1) is 7.28. The van der Waals surface area contributed by atoms with Gasteiger partial charge in [0, 0.05) is 6.07 Å². The van der Waals surface area contributed by atoms with Crippen LogP contribution in [0.5, 0.6) is 0 Å². The Morgan fingerprint density at radius 2 is 2.30 bits per heavy atom. The molecule has 3 heteroatoms. The van der Waals surface area contributed by atoms with Gasteiger partial charge in [-0.3, -0.25) is 0 Å². The molecule has 0 radical (unpaired) electrons. The van der Waals surface area contributed by atoms with Gasteiger partial charge in [-0.25, -0.2) is 0 Å². The van der Waals surface area contributed by atoms with Crippen molar-refractivity contribution in [2.75, 3.05) is 7.05 Å². The molecule has 1 aromatic rings. The Labute approximate surface area is 60.4 Å². The first-order valence-electron chi connectivity index (χ1n) is 3.26. The number of nitrogens with zero attached hydrogens (tertiary/aromatic N) is 1. The van der Waals surface area contributed by atoms with Gasteiger partial charge in [0.1, 0.15) is 12.0 Å². The molecule has 1 heterocycles. The van der Waals surface area contributed by atoms with E-state index in [9.17, 15) is 0 Å². The standard InChI is InChI=1S/C7H12N2O/c1-7(2,8-3)6-4-5-10-9-6/h4-5,8H,1-3H3. The molecule has 0 aliphatic carbocycles. The van der Waals surface area contributed by atoms with Crippen LogP contribution in [-0.4, -0.2) is 12.2 Å². The summed E-state index contributed by atoms with van der Waals surface area (Å²) in [6.45, 7) is 4.09. The summed E-state index contributed by atoms with van der Waals surface area (Å²) in [5, 5.41) is 6.94. The minimum Gasteiger partial charge on any atom is -0.364 e. The third kappa shape index (κ3) is 1.19. The zero-order chi connectivity index (χ0) is 7.61. The predicted octanol–water partition coefficient (Wildman–Crippen LogP) is 1.13. The van der Waals surface area contributed by atoms with Crippen molar-refractivity contribution >= 4 is 0 Å². The summed E-state index contributed by atoms with van der Waals surface area (Å²) < 4.78 is 4.71. The minimum atomic E-state index is -0.0903. The highest BCUT2D eigenvalue weighted by atomic mass is 16.5. The molecule has 0 aliphatic rings. The van der Waals surface area contributed by atoms with Crippen molar-refractivity contribution in [1.82, 2.24) is 10.5 Å². The fourth-order valence-electron chi connectivity index (χ4n) is 0.663. The van der Waals surface area contributed by atoms with E-state index in [1.807, 2.05) is 27.0 Å². The molecule has 1 rings (SSSR count).